The number of aliphatic hydroxyl groups excluding tert-OH is 1. The van der Waals surface area contributed by atoms with Gasteiger partial charge in [-0.05, 0) is 34.1 Å². The maximum atomic E-state index is 11.5. The third-order valence-electron chi connectivity index (χ3n) is 2.16. The molecule has 2 heterocycles. The smallest absolute Gasteiger partial charge is 0.246 e. The molecule has 80 valence electrons. The molecule has 3 nitrogen and oxygen atoms in total. The highest BCUT2D eigenvalue weighted by Gasteiger charge is 2.26. The van der Waals surface area contributed by atoms with Crippen LogP contribution in [-0.2, 0) is 4.79 Å². The summed E-state index contributed by atoms with van der Waals surface area (Å²) in [5.41, 5.74) is 0. The van der Waals surface area contributed by atoms with Gasteiger partial charge in [0.1, 0.15) is 0 Å². The lowest BCUT2D eigenvalue weighted by molar-refractivity contribution is -0.135. The van der Waals surface area contributed by atoms with Crippen molar-refractivity contribution in [3.8, 4) is 0 Å². The average Bonchev–Trinajstić information content (AvgIpc) is 2.56. The van der Waals surface area contributed by atoms with Gasteiger partial charge in [-0.3, -0.25) is 4.79 Å². The molecule has 0 aromatic carbocycles. The van der Waals surface area contributed by atoms with Crippen molar-refractivity contribution >= 4 is 39.2 Å². The van der Waals surface area contributed by atoms with Gasteiger partial charge < -0.3 is 10.0 Å². The molecule has 1 N–H and O–H groups in total. The number of β-amino-alcohol motifs (C(OH)–C–C–N with tert-alkyl or cyclic N) is 1. The third kappa shape index (κ3) is 2.68. The predicted molar refractivity (Wildman–Crippen MR) is 63.6 cm³/mol. The summed E-state index contributed by atoms with van der Waals surface area (Å²) in [6, 6.07) is 3.89. The van der Waals surface area contributed by atoms with E-state index in [0.717, 1.165) is 8.66 Å². The molecule has 15 heavy (non-hydrogen) atoms. The van der Waals surface area contributed by atoms with Gasteiger partial charge in [-0.2, -0.15) is 0 Å². The van der Waals surface area contributed by atoms with Crippen LogP contribution in [0.2, 0.25) is 0 Å². The summed E-state index contributed by atoms with van der Waals surface area (Å²) in [6.07, 6.45) is 3.00. The number of thiophene rings is 1. The predicted octanol–water partition coefficient (Wildman–Crippen LogP) is 1.73. The first-order valence-corrected chi connectivity index (χ1v) is 6.16. The zero-order chi connectivity index (χ0) is 10.8. The summed E-state index contributed by atoms with van der Waals surface area (Å²) in [7, 11) is 0. The van der Waals surface area contributed by atoms with Crippen molar-refractivity contribution in [2.24, 2.45) is 0 Å². The molecule has 1 amide bonds. The Hall–Kier alpha value is -0.650. The number of likely N-dealkylation sites (tertiary alicyclic amines) is 1. The Bertz CT molecular complexity index is 396. The van der Waals surface area contributed by atoms with Crippen LogP contribution in [0.3, 0.4) is 0 Å². The first-order valence-electron chi connectivity index (χ1n) is 4.55. The van der Waals surface area contributed by atoms with E-state index in [1.54, 1.807) is 28.4 Å². The van der Waals surface area contributed by atoms with Gasteiger partial charge in [-0.15, -0.1) is 11.3 Å². The number of hydrogen-bond acceptors (Lipinski definition) is 3. The summed E-state index contributed by atoms with van der Waals surface area (Å²) in [6.45, 7) is 0.911. The maximum absolute atomic E-state index is 11.5. The monoisotopic (exact) mass is 287 g/mol. The number of amides is 1. The van der Waals surface area contributed by atoms with E-state index in [1.807, 2.05) is 12.1 Å². The summed E-state index contributed by atoms with van der Waals surface area (Å²) >= 11 is 4.93. The Morgan fingerprint density at radius 1 is 1.60 bits per heavy atom. The van der Waals surface area contributed by atoms with Crippen LogP contribution >= 0.6 is 27.3 Å². The summed E-state index contributed by atoms with van der Waals surface area (Å²) in [5, 5.41) is 9.03. The Kier molecular flexibility index (Phi) is 3.23. The van der Waals surface area contributed by atoms with Crippen molar-refractivity contribution in [3.05, 3.63) is 26.9 Å². The van der Waals surface area contributed by atoms with Crippen molar-refractivity contribution in [2.75, 3.05) is 13.1 Å². The molecule has 1 saturated heterocycles. The second-order valence-corrected chi connectivity index (χ2v) is 5.87. The number of nitrogens with zero attached hydrogens (tertiary/aromatic N) is 1. The van der Waals surface area contributed by atoms with E-state index < -0.39 is 0 Å². The lowest BCUT2D eigenvalue weighted by Crippen LogP contribution is -2.52. The quantitative estimate of drug-likeness (QED) is 0.842. The van der Waals surface area contributed by atoms with Crippen LogP contribution in [0.5, 0.6) is 0 Å². The van der Waals surface area contributed by atoms with Crippen LogP contribution in [-0.4, -0.2) is 35.1 Å². The molecule has 2 rings (SSSR count). The molecule has 5 heteroatoms. The van der Waals surface area contributed by atoms with Crippen LogP contribution < -0.4 is 0 Å². The van der Waals surface area contributed by atoms with Crippen molar-refractivity contribution in [1.82, 2.24) is 4.90 Å². The molecular formula is C10H10BrNO2S. The van der Waals surface area contributed by atoms with Crippen molar-refractivity contribution < 1.29 is 9.90 Å². The SMILES string of the molecule is O=C(C=Cc1ccc(Br)s1)N1CC(O)C1. The minimum Gasteiger partial charge on any atom is -0.389 e. The zero-order valence-electron chi connectivity index (χ0n) is 7.89. The zero-order valence-corrected chi connectivity index (χ0v) is 10.3. The standard InChI is InChI=1S/C10H10BrNO2S/c11-9-3-1-8(15-9)2-4-10(14)12-5-7(13)6-12/h1-4,7,13H,5-6H2. The van der Waals surface area contributed by atoms with E-state index in [0.29, 0.717) is 13.1 Å². The second kappa shape index (κ2) is 4.47. The van der Waals surface area contributed by atoms with Crippen molar-refractivity contribution in [3.63, 3.8) is 0 Å². The molecule has 1 aliphatic rings. The fourth-order valence-electron chi connectivity index (χ4n) is 1.31. The number of carbonyl (C=O) groups excluding carboxylic acids is 1. The fraction of sp³-hybridized carbons (Fsp3) is 0.300. The van der Waals surface area contributed by atoms with E-state index in [4.69, 9.17) is 5.11 Å². The van der Waals surface area contributed by atoms with Gasteiger partial charge in [0.25, 0.3) is 0 Å². The summed E-state index contributed by atoms with van der Waals surface area (Å²) in [5.74, 6) is -0.0372. The highest BCUT2D eigenvalue weighted by Crippen LogP contribution is 2.23. The van der Waals surface area contributed by atoms with E-state index in [2.05, 4.69) is 15.9 Å². The average molecular weight is 288 g/mol. The van der Waals surface area contributed by atoms with Gasteiger partial charge in [0, 0.05) is 24.0 Å². The topological polar surface area (TPSA) is 40.5 Å². The number of aliphatic hydroxyl groups is 1. The maximum Gasteiger partial charge on any atom is 0.246 e. The molecule has 1 aliphatic heterocycles. The normalized spacial score (nSPS) is 17.1. The molecule has 0 aliphatic carbocycles. The van der Waals surface area contributed by atoms with Crippen molar-refractivity contribution in [2.45, 2.75) is 6.10 Å². The highest BCUT2D eigenvalue weighted by molar-refractivity contribution is 9.11. The lowest BCUT2D eigenvalue weighted by atomic mass is 10.1. The van der Waals surface area contributed by atoms with Gasteiger partial charge in [0.2, 0.25) is 5.91 Å². The third-order valence-corrected chi connectivity index (χ3v) is 3.75. The molecule has 0 unspecified atom stereocenters. The largest absolute Gasteiger partial charge is 0.389 e. The summed E-state index contributed by atoms with van der Waals surface area (Å²) < 4.78 is 1.05. The highest BCUT2D eigenvalue weighted by atomic mass is 79.9. The number of hydrogen-bond donors (Lipinski definition) is 1. The van der Waals surface area contributed by atoms with Gasteiger partial charge in [-0.25, -0.2) is 0 Å². The van der Waals surface area contributed by atoms with Crippen LogP contribution in [0.15, 0.2) is 22.0 Å². The summed E-state index contributed by atoms with van der Waals surface area (Å²) in [4.78, 5) is 14.1. The van der Waals surface area contributed by atoms with Gasteiger partial charge >= 0.3 is 0 Å². The molecule has 0 radical (unpaired) electrons. The first-order chi connectivity index (χ1) is 7.15. The minimum atomic E-state index is -0.335. The van der Waals surface area contributed by atoms with Gasteiger partial charge in [-0.1, -0.05) is 0 Å². The molecule has 0 bridgehead atoms. The Balaban J connectivity index is 1.91. The molecular weight excluding hydrogens is 278 g/mol. The van der Waals surface area contributed by atoms with Gasteiger partial charge in [0.15, 0.2) is 0 Å². The Morgan fingerprint density at radius 2 is 2.33 bits per heavy atom. The first kappa shape index (κ1) is 10.9. The Morgan fingerprint density at radius 3 is 2.87 bits per heavy atom. The van der Waals surface area contributed by atoms with E-state index in [-0.39, 0.29) is 12.0 Å². The fourth-order valence-corrected chi connectivity index (χ4v) is 2.64. The van der Waals surface area contributed by atoms with E-state index >= 15 is 0 Å². The van der Waals surface area contributed by atoms with Crippen LogP contribution in [0.25, 0.3) is 6.08 Å². The van der Waals surface area contributed by atoms with Crippen LogP contribution in [0.4, 0.5) is 0 Å². The van der Waals surface area contributed by atoms with Crippen LogP contribution in [0.1, 0.15) is 4.88 Å². The molecule has 0 spiro atoms. The second-order valence-electron chi connectivity index (χ2n) is 3.37. The number of halogens is 1. The lowest BCUT2D eigenvalue weighted by Gasteiger charge is -2.34. The van der Waals surface area contributed by atoms with Crippen molar-refractivity contribution in [1.29, 1.82) is 0 Å². The minimum absolute atomic E-state index is 0.0372. The van der Waals surface area contributed by atoms with Crippen LogP contribution in [0, 0.1) is 0 Å². The molecule has 1 fully saturated rings. The van der Waals surface area contributed by atoms with Gasteiger partial charge in [0.05, 0.1) is 9.89 Å². The molecule has 1 aromatic heterocycles. The van der Waals surface area contributed by atoms with E-state index in [1.165, 1.54) is 0 Å². The number of carbonyl (C=O) groups is 1. The van der Waals surface area contributed by atoms with E-state index in [9.17, 15) is 4.79 Å². The molecule has 0 atom stereocenters. The molecule has 1 aromatic rings. The molecule has 0 saturated carbocycles. The number of rotatable bonds is 2. The Labute approximate surface area is 100 Å².